The molecule has 0 saturated carbocycles. The summed E-state index contributed by atoms with van der Waals surface area (Å²) in [5.41, 5.74) is 1.17. The van der Waals surface area contributed by atoms with Crippen LogP contribution in [0.5, 0.6) is 0 Å². The number of nitrogens with zero attached hydrogens (tertiary/aromatic N) is 4. The molecule has 0 spiro atoms. The van der Waals surface area contributed by atoms with Gasteiger partial charge in [-0.1, -0.05) is 41.5 Å². The maximum absolute atomic E-state index is 12.7. The minimum absolute atomic E-state index is 0.245. The van der Waals surface area contributed by atoms with Gasteiger partial charge in [-0.3, -0.25) is 4.79 Å². The molecule has 1 saturated heterocycles. The number of hydrogen-bond donors (Lipinski definition) is 0. The predicted molar refractivity (Wildman–Crippen MR) is 121 cm³/mol. The van der Waals surface area contributed by atoms with Gasteiger partial charge in [0.1, 0.15) is 16.5 Å². The Balaban J connectivity index is 1.69. The lowest BCUT2D eigenvalue weighted by Gasteiger charge is -2.38. The largest absolute Gasteiger partial charge is 0.352 e. The smallest absolute Gasteiger partial charge is 0.228 e. The third-order valence-electron chi connectivity index (χ3n) is 6.18. The van der Waals surface area contributed by atoms with Gasteiger partial charge in [0.2, 0.25) is 5.91 Å². The number of hydrogen-bond acceptors (Lipinski definition) is 5. The second kappa shape index (κ2) is 7.53. The van der Waals surface area contributed by atoms with E-state index in [0.29, 0.717) is 5.92 Å². The van der Waals surface area contributed by atoms with Crippen molar-refractivity contribution in [1.29, 1.82) is 0 Å². The number of carbonyl (C=O) groups excluding carboxylic acids is 1. The fraction of sp³-hybridized carbons (Fsp3) is 0.696. The number of fused-ring (bicyclic) bond motifs is 3. The SMILES string of the molecule is CC(C)c1nc(N2CCN(C(=O)C(C)(C)C)CC2)c2c3c(sc2n1)C[C@@H](C)CC3. The number of thiophene rings is 1. The molecule has 5 nitrogen and oxygen atoms in total. The van der Waals surface area contributed by atoms with Crippen LogP contribution >= 0.6 is 11.3 Å². The van der Waals surface area contributed by atoms with Crippen LogP contribution in [0.15, 0.2) is 0 Å². The number of aromatic nitrogens is 2. The van der Waals surface area contributed by atoms with Gasteiger partial charge in [0.25, 0.3) is 0 Å². The summed E-state index contributed by atoms with van der Waals surface area (Å²) in [6, 6.07) is 0. The number of aryl methyl sites for hydroxylation is 1. The lowest BCUT2D eigenvalue weighted by Crippen LogP contribution is -2.52. The Hall–Kier alpha value is -1.69. The molecule has 4 rings (SSSR count). The Morgan fingerprint density at radius 1 is 1.14 bits per heavy atom. The van der Waals surface area contributed by atoms with Gasteiger partial charge >= 0.3 is 0 Å². The summed E-state index contributed by atoms with van der Waals surface area (Å²) in [6.07, 6.45) is 3.55. The molecule has 1 atom stereocenters. The lowest BCUT2D eigenvalue weighted by atomic mass is 9.89. The van der Waals surface area contributed by atoms with Crippen molar-refractivity contribution >= 4 is 33.3 Å². The molecule has 6 heteroatoms. The molecule has 29 heavy (non-hydrogen) atoms. The summed E-state index contributed by atoms with van der Waals surface area (Å²) in [7, 11) is 0. The van der Waals surface area contributed by atoms with Crippen molar-refractivity contribution in [3.05, 3.63) is 16.3 Å². The molecule has 0 unspecified atom stereocenters. The van der Waals surface area contributed by atoms with Crippen molar-refractivity contribution in [1.82, 2.24) is 14.9 Å². The highest BCUT2D eigenvalue weighted by molar-refractivity contribution is 7.19. The third-order valence-corrected chi connectivity index (χ3v) is 7.33. The van der Waals surface area contributed by atoms with Gasteiger partial charge < -0.3 is 9.80 Å². The molecule has 1 aliphatic carbocycles. The monoisotopic (exact) mass is 414 g/mol. The Morgan fingerprint density at radius 2 is 1.83 bits per heavy atom. The number of piperazine rings is 1. The van der Waals surface area contributed by atoms with Crippen LogP contribution in [0.4, 0.5) is 5.82 Å². The van der Waals surface area contributed by atoms with Gasteiger partial charge in [-0.15, -0.1) is 11.3 Å². The van der Waals surface area contributed by atoms with Crippen molar-refractivity contribution < 1.29 is 4.79 Å². The Labute approximate surface area is 178 Å². The van der Waals surface area contributed by atoms with E-state index in [0.717, 1.165) is 55.0 Å². The fourth-order valence-electron chi connectivity index (χ4n) is 4.42. The molecule has 0 bridgehead atoms. The van der Waals surface area contributed by atoms with E-state index in [1.54, 1.807) is 0 Å². The number of rotatable bonds is 2. The minimum Gasteiger partial charge on any atom is -0.352 e. The Kier molecular flexibility index (Phi) is 5.34. The van der Waals surface area contributed by atoms with Crippen molar-refractivity contribution in [2.45, 2.75) is 66.7 Å². The fourth-order valence-corrected chi connectivity index (χ4v) is 5.81. The van der Waals surface area contributed by atoms with Crippen molar-refractivity contribution in [3.63, 3.8) is 0 Å². The van der Waals surface area contributed by atoms with Gasteiger partial charge in [-0.05, 0) is 30.7 Å². The molecule has 2 aliphatic rings. The first-order valence-electron chi connectivity index (χ1n) is 11.0. The molecule has 0 aromatic carbocycles. The normalized spacial score (nSPS) is 20.4. The van der Waals surface area contributed by atoms with Gasteiger partial charge in [-0.2, -0.15) is 0 Å². The molecule has 0 radical (unpaired) electrons. The van der Waals surface area contributed by atoms with E-state index in [1.807, 2.05) is 37.0 Å². The quantitative estimate of drug-likeness (QED) is 0.719. The van der Waals surface area contributed by atoms with E-state index in [9.17, 15) is 4.79 Å². The molecule has 3 heterocycles. The highest BCUT2D eigenvalue weighted by Gasteiger charge is 2.32. The second-order valence-electron chi connectivity index (χ2n) is 10.1. The van der Waals surface area contributed by atoms with E-state index in [1.165, 1.54) is 28.7 Å². The molecule has 0 N–H and O–H groups in total. The predicted octanol–water partition coefficient (Wildman–Crippen LogP) is 4.63. The van der Waals surface area contributed by atoms with E-state index >= 15 is 0 Å². The summed E-state index contributed by atoms with van der Waals surface area (Å²) >= 11 is 1.88. The van der Waals surface area contributed by atoms with Crippen LogP contribution < -0.4 is 4.90 Å². The highest BCUT2D eigenvalue weighted by atomic mass is 32.1. The molecule has 2 aromatic rings. The lowest BCUT2D eigenvalue weighted by molar-refractivity contribution is -0.139. The zero-order chi connectivity index (χ0) is 20.9. The first-order valence-corrected chi connectivity index (χ1v) is 11.8. The first kappa shape index (κ1) is 20.6. The van der Waals surface area contributed by atoms with Crippen LogP contribution in [-0.2, 0) is 17.6 Å². The second-order valence-corrected chi connectivity index (χ2v) is 11.2. The van der Waals surface area contributed by atoms with Gasteiger partial charge in [0, 0.05) is 42.4 Å². The van der Waals surface area contributed by atoms with Crippen LogP contribution in [0.3, 0.4) is 0 Å². The Morgan fingerprint density at radius 3 is 2.45 bits per heavy atom. The number of amides is 1. The number of anilines is 1. The number of carbonyl (C=O) groups is 1. The standard InChI is InChI=1S/C23H34N4OS/c1-14(2)19-24-20(26-9-11-27(12-10-26)22(28)23(4,5)6)18-16-8-7-15(3)13-17(16)29-21(18)25-19/h14-15H,7-13H2,1-6H3/t15-/m0/s1. The summed E-state index contributed by atoms with van der Waals surface area (Å²) < 4.78 is 0. The molecular formula is C23H34N4OS. The highest BCUT2D eigenvalue weighted by Crippen LogP contribution is 2.41. The molecule has 1 fully saturated rings. The maximum atomic E-state index is 12.7. The average molecular weight is 415 g/mol. The molecular weight excluding hydrogens is 380 g/mol. The average Bonchev–Trinajstić information content (AvgIpc) is 3.03. The summed E-state index contributed by atoms with van der Waals surface area (Å²) in [4.78, 5) is 29.8. The Bertz CT molecular complexity index is 919. The van der Waals surface area contributed by atoms with Crippen molar-refractivity contribution in [2.75, 3.05) is 31.1 Å². The van der Waals surface area contributed by atoms with Crippen molar-refractivity contribution in [2.24, 2.45) is 11.3 Å². The van der Waals surface area contributed by atoms with E-state index in [2.05, 4.69) is 25.7 Å². The molecule has 158 valence electrons. The maximum Gasteiger partial charge on any atom is 0.228 e. The van der Waals surface area contributed by atoms with Crippen LogP contribution in [0.2, 0.25) is 0 Å². The minimum atomic E-state index is -0.321. The van der Waals surface area contributed by atoms with Gasteiger partial charge in [0.05, 0.1) is 5.39 Å². The molecule has 2 aromatic heterocycles. The van der Waals surface area contributed by atoms with Crippen LogP contribution in [-0.4, -0.2) is 47.0 Å². The van der Waals surface area contributed by atoms with Gasteiger partial charge in [0.15, 0.2) is 0 Å². The van der Waals surface area contributed by atoms with Crippen molar-refractivity contribution in [3.8, 4) is 0 Å². The first-order chi connectivity index (χ1) is 13.6. The zero-order valence-electron chi connectivity index (χ0n) is 18.7. The van der Waals surface area contributed by atoms with Crippen LogP contribution in [0, 0.1) is 11.3 Å². The van der Waals surface area contributed by atoms with Crippen LogP contribution in [0.25, 0.3) is 10.2 Å². The van der Waals surface area contributed by atoms with E-state index in [-0.39, 0.29) is 11.3 Å². The molecule has 1 amide bonds. The summed E-state index contributed by atoms with van der Waals surface area (Å²) in [5.74, 6) is 3.35. The summed E-state index contributed by atoms with van der Waals surface area (Å²) in [6.45, 7) is 15.9. The van der Waals surface area contributed by atoms with E-state index in [4.69, 9.17) is 9.97 Å². The van der Waals surface area contributed by atoms with Gasteiger partial charge in [-0.25, -0.2) is 9.97 Å². The molecule has 1 aliphatic heterocycles. The third kappa shape index (κ3) is 3.88. The van der Waals surface area contributed by atoms with Crippen LogP contribution in [0.1, 0.15) is 70.1 Å². The zero-order valence-corrected chi connectivity index (χ0v) is 19.5. The summed E-state index contributed by atoms with van der Waals surface area (Å²) in [5, 5.41) is 1.29. The topological polar surface area (TPSA) is 49.3 Å². The van der Waals surface area contributed by atoms with E-state index < -0.39 is 0 Å².